The van der Waals surface area contributed by atoms with Gasteiger partial charge in [-0.05, 0) is 70.6 Å². The molecule has 0 aromatic carbocycles. The molecule has 0 saturated carbocycles. The number of unbranched alkanes of at least 4 members (excludes halogenated alkanes) is 36. The van der Waals surface area contributed by atoms with E-state index in [1.54, 1.807) is 0 Å². The SMILES string of the molecule is CCCCCC/C=C\CCCCCCCC(=O)OC[C@H](COC(=O)CCCCCCCCCCCCCCC)OC(=O)CCCCCCCCCCC/C=C\CCCCCCCC. The largest absolute Gasteiger partial charge is 0.462 e. The highest BCUT2D eigenvalue weighted by Crippen LogP contribution is 2.16. The van der Waals surface area contributed by atoms with E-state index in [4.69, 9.17) is 14.2 Å². The summed E-state index contributed by atoms with van der Waals surface area (Å²) in [6.45, 7) is 6.65. The normalized spacial score (nSPS) is 12.1. The van der Waals surface area contributed by atoms with Crippen LogP contribution >= 0.6 is 0 Å². The summed E-state index contributed by atoms with van der Waals surface area (Å²) in [6, 6.07) is 0. The molecule has 6 heteroatoms. The molecule has 0 heterocycles. The van der Waals surface area contributed by atoms with Crippen molar-refractivity contribution in [3.63, 3.8) is 0 Å². The highest BCUT2D eigenvalue weighted by atomic mass is 16.6. The van der Waals surface area contributed by atoms with Crippen molar-refractivity contribution in [3.8, 4) is 0 Å². The van der Waals surface area contributed by atoms with E-state index in [1.807, 2.05) is 0 Å². The van der Waals surface area contributed by atoms with Gasteiger partial charge in [0.2, 0.25) is 0 Å². The van der Waals surface area contributed by atoms with E-state index in [2.05, 4.69) is 45.1 Å². The number of ether oxygens (including phenoxy) is 3. The number of rotatable bonds is 51. The van der Waals surface area contributed by atoms with Gasteiger partial charge in [-0.25, -0.2) is 0 Å². The summed E-state index contributed by atoms with van der Waals surface area (Å²) in [5.41, 5.74) is 0. The third-order valence-corrected chi connectivity index (χ3v) is 12.4. The minimum Gasteiger partial charge on any atom is -0.462 e. The first kappa shape index (κ1) is 60.9. The van der Waals surface area contributed by atoms with Gasteiger partial charge in [-0.1, -0.05) is 238 Å². The highest BCUT2D eigenvalue weighted by Gasteiger charge is 2.19. The monoisotopic (exact) mass is 887 g/mol. The van der Waals surface area contributed by atoms with Crippen molar-refractivity contribution in [1.82, 2.24) is 0 Å². The van der Waals surface area contributed by atoms with E-state index in [0.717, 1.165) is 64.2 Å². The molecule has 0 N–H and O–H groups in total. The van der Waals surface area contributed by atoms with Gasteiger partial charge in [0.15, 0.2) is 6.10 Å². The molecule has 0 radical (unpaired) electrons. The Balaban J connectivity index is 4.32. The number of hydrogen-bond acceptors (Lipinski definition) is 6. The molecule has 0 unspecified atom stereocenters. The number of allylic oxidation sites excluding steroid dienone is 4. The summed E-state index contributed by atoms with van der Waals surface area (Å²) in [5.74, 6) is -0.865. The van der Waals surface area contributed by atoms with Gasteiger partial charge in [0, 0.05) is 19.3 Å². The summed E-state index contributed by atoms with van der Waals surface area (Å²) in [7, 11) is 0. The van der Waals surface area contributed by atoms with Gasteiger partial charge < -0.3 is 14.2 Å². The zero-order chi connectivity index (χ0) is 45.8. The van der Waals surface area contributed by atoms with Crippen LogP contribution in [0.4, 0.5) is 0 Å². The van der Waals surface area contributed by atoms with Crippen LogP contribution in [0.1, 0.15) is 303 Å². The Morgan fingerprint density at radius 3 is 0.810 bits per heavy atom. The fourth-order valence-corrected chi connectivity index (χ4v) is 8.20. The van der Waals surface area contributed by atoms with Crippen LogP contribution in [-0.4, -0.2) is 37.2 Å². The topological polar surface area (TPSA) is 78.9 Å². The predicted octanol–water partition coefficient (Wildman–Crippen LogP) is 18.3. The Kier molecular flexibility index (Phi) is 50.8. The van der Waals surface area contributed by atoms with Crippen molar-refractivity contribution < 1.29 is 28.6 Å². The van der Waals surface area contributed by atoms with Gasteiger partial charge in [-0.3, -0.25) is 14.4 Å². The third-order valence-electron chi connectivity index (χ3n) is 12.4. The molecule has 0 aliphatic heterocycles. The van der Waals surface area contributed by atoms with E-state index in [-0.39, 0.29) is 31.1 Å². The standard InChI is InChI=1S/C57H106O6/c1-4-7-10-13-16-19-22-25-26-27-28-29-30-33-36-39-42-45-48-51-57(60)63-54(52-61-55(58)49-46-43-40-37-34-31-23-20-17-14-11-8-5-2)53-62-56(59)50-47-44-41-38-35-32-24-21-18-15-12-9-6-3/h20,23,25-26,54H,4-19,21-22,24,27-53H2,1-3H3/b23-20-,26-25-/t54-/m1/s1. The summed E-state index contributed by atoms with van der Waals surface area (Å²) in [5, 5.41) is 0. The zero-order valence-corrected chi connectivity index (χ0v) is 42.4. The van der Waals surface area contributed by atoms with E-state index in [9.17, 15) is 14.4 Å². The third kappa shape index (κ3) is 50.7. The lowest BCUT2D eigenvalue weighted by molar-refractivity contribution is -0.167. The van der Waals surface area contributed by atoms with Crippen LogP contribution in [0.3, 0.4) is 0 Å². The molecule has 0 amide bonds. The van der Waals surface area contributed by atoms with Crippen molar-refractivity contribution in [1.29, 1.82) is 0 Å². The van der Waals surface area contributed by atoms with Crippen LogP contribution < -0.4 is 0 Å². The molecule has 63 heavy (non-hydrogen) atoms. The van der Waals surface area contributed by atoms with Gasteiger partial charge in [0.05, 0.1) is 0 Å². The van der Waals surface area contributed by atoms with Crippen LogP contribution in [0.15, 0.2) is 24.3 Å². The Labute approximate surface area is 392 Å². The Bertz CT molecular complexity index is 1020. The van der Waals surface area contributed by atoms with Crippen molar-refractivity contribution in [2.24, 2.45) is 0 Å². The maximum absolute atomic E-state index is 12.8. The van der Waals surface area contributed by atoms with Crippen LogP contribution in [0.5, 0.6) is 0 Å². The van der Waals surface area contributed by atoms with Crippen molar-refractivity contribution in [3.05, 3.63) is 24.3 Å². The Morgan fingerprint density at radius 2 is 0.524 bits per heavy atom. The first-order valence-electron chi connectivity index (χ1n) is 27.8. The molecule has 0 saturated heterocycles. The average molecular weight is 887 g/mol. The lowest BCUT2D eigenvalue weighted by atomic mass is 10.0. The lowest BCUT2D eigenvalue weighted by Crippen LogP contribution is -2.30. The van der Waals surface area contributed by atoms with Gasteiger partial charge >= 0.3 is 17.9 Å². The van der Waals surface area contributed by atoms with Crippen molar-refractivity contribution >= 4 is 17.9 Å². The van der Waals surface area contributed by atoms with E-state index in [0.29, 0.717) is 19.3 Å². The smallest absolute Gasteiger partial charge is 0.306 e. The van der Waals surface area contributed by atoms with Crippen molar-refractivity contribution in [2.45, 2.75) is 309 Å². The van der Waals surface area contributed by atoms with Crippen LogP contribution in [0, 0.1) is 0 Å². The highest BCUT2D eigenvalue weighted by molar-refractivity contribution is 5.71. The molecule has 0 aliphatic carbocycles. The summed E-state index contributed by atoms with van der Waals surface area (Å²) in [4.78, 5) is 38.0. The summed E-state index contributed by atoms with van der Waals surface area (Å²) in [6.07, 6.45) is 60.2. The zero-order valence-electron chi connectivity index (χ0n) is 42.4. The van der Waals surface area contributed by atoms with E-state index < -0.39 is 6.10 Å². The minimum atomic E-state index is -0.771. The Morgan fingerprint density at radius 1 is 0.302 bits per heavy atom. The van der Waals surface area contributed by atoms with Gasteiger partial charge in [-0.15, -0.1) is 0 Å². The van der Waals surface area contributed by atoms with Gasteiger partial charge in [0.25, 0.3) is 0 Å². The minimum absolute atomic E-state index is 0.0705. The molecule has 0 spiro atoms. The molecule has 0 aromatic rings. The quantitative estimate of drug-likeness (QED) is 0.0262. The van der Waals surface area contributed by atoms with E-state index >= 15 is 0 Å². The molecule has 0 aliphatic rings. The molecule has 0 aromatic heterocycles. The molecular formula is C57H106O6. The van der Waals surface area contributed by atoms with Crippen molar-refractivity contribution in [2.75, 3.05) is 13.2 Å². The van der Waals surface area contributed by atoms with Crippen LogP contribution in [0.25, 0.3) is 0 Å². The summed E-state index contributed by atoms with van der Waals surface area (Å²) >= 11 is 0. The molecular weight excluding hydrogens is 781 g/mol. The fraction of sp³-hybridized carbons (Fsp3) is 0.877. The second-order valence-electron chi connectivity index (χ2n) is 18.8. The number of esters is 3. The number of carbonyl (C=O) groups is 3. The molecule has 1 atom stereocenters. The number of hydrogen-bond donors (Lipinski definition) is 0. The van der Waals surface area contributed by atoms with Crippen LogP contribution in [0.2, 0.25) is 0 Å². The van der Waals surface area contributed by atoms with Gasteiger partial charge in [-0.2, -0.15) is 0 Å². The summed E-state index contributed by atoms with van der Waals surface area (Å²) < 4.78 is 16.8. The molecule has 6 nitrogen and oxygen atoms in total. The molecule has 370 valence electrons. The number of carbonyl (C=O) groups excluding carboxylic acids is 3. The first-order valence-corrected chi connectivity index (χ1v) is 27.8. The Hall–Kier alpha value is -2.11. The second-order valence-corrected chi connectivity index (χ2v) is 18.8. The second kappa shape index (κ2) is 52.5. The maximum atomic E-state index is 12.8. The molecule has 0 bridgehead atoms. The molecule has 0 fully saturated rings. The predicted molar refractivity (Wildman–Crippen MR) is 270 cm³/mol. The first-order chi connectivity index (χ1) is 31.0. The molecule has 0 rings (SSSR count). The lowest BCUT2D eigenvalue weighted by Gasteiger charge is -2.18. The van der Waals surface area contributed by atoms with Crippen LogP contribution in [-0.2, 0) is 28.6 Å². The van der Waals surface area contributed by atoms with Gasteiger partial charge in [0.1, 0.15) is 13.2 Å². The average Bonchev–Trinajstić information content (AvgIpc) is 3.28. The van der Waals surface area contributed by atoms with E-state index in [1.165, 1.54) is 199 Å². The maximum Gasteiger partial charge on any atom is 0.306 e. The fourth-order valence-electron chi connectivity index (χ4n) is 8.20.